The Balaban J connectivity index is 2.03. The number of hydrogen-bond donors (Lipinski definition) is 0. The van der Waals surface area contributed by atoms with Crippen LogP contribution < -0.4 is 0 Å². The first kappa shape index (κ1) is 13.8. The fourth-order valence-electron chi connectivity index (χ4n) is 3.53. The van der Waals surface area contributed by atoms with Gasteiger partial charge in [-0.15, -0.1) is 0 Å². The molecule has 0 aliphatic heterocycles. The molecule has 0 fully saturated rings. The molecule has 0 unspecified atom stereocenters. The molecule has 4 aromatic carbocycles. The van der Waals surface area contributed by atoms with Gasteiger partial charge in [-0.3, -0.25) is 0 Å². The van der Waals surface area contributed by atoms with Gasteiger partial charge in [0.2, 0.25) is 0 Å². The lowest BCUT2D eigenvalue weighted by Gasteiger charge is -2.08. The van der Waals surface area contributed by atoms with Crippen molar-refractivity contribution in [2.45, 2.75) is 0 Å². The van der Waals surface area contributed by atoms with Crippen molar-refractivity contribution < 1.29 is 0 Å². The molecule has 0 N–H and O–H groups in total. The maximum atomic E-state index is 3.63. The molecule has 1 heterocycles. The largest absolute Gasteiger partial charge is 0.309 e. The first-order valence-corrected chi connectivity index (χ1v) is 8.78. The van der Waals surface area contributed by atoms with Crippen LogP contribution in [0.2, 0.25) is 0 Å². The van der Waals surface area contributed by atoms with Gasteiger partial charge in [0, 0.05) is 20.9 Å². The van der Waals surface area contributed by atoms with Crippen LogP contribution in [0.1, 0.15) is 0 Å². The van der Waals surface area contributed by atoms with E-state index < -0.39 is 0 Å². The van der Waals surface area contributed by atoms with E-state index in [1.54, 1.807) is 0 Å². The topological polar surface area (TPSA) is 4.93 Å². The van der Waals surface area contributed by atoms with Crippen LogP contribution in [-0.4, -0.2) is 4.57 Å². The summed E-state index contributed by atoms with van der Waals surface area (Å²) < 4.78 is 3.45. The minimum Gasteiger partial charge on any atom is -0.309 e. The Bertz CT molecular complexity index is 1200. The van der Waals surface area contributed by atoms with Crippen molar-refractivity contribution in [3.8, 4) is 5.69 Å². The van der Waals surface area contributed by atoms with Gasteiger partial charge in [0.25, 0.3) is 0 Å². The fraction of sp³-hybridized carbons (Fsp3) is 0. The van der Waals surface area contributed by atoms with Crippen LogP contribution in [0.3, 0.4) is 0 Å². The number of hydrogen-bond acceptors (Lipinski definition) is 0. The van der Waals surface area contributed by atoms with Crippen molar-refractivity contribution >= 4 is 48.5 Å². The second kappa shape index (κ2) is 5.22. The van der Waals surface area contributed by atoms with E-state index in [4.69, 9.17) is 0 Å². The third-order valence-electron chi connectivity index (χ3n) is 4.61. The second-order valence-corrected chi connectivity index (χ2v) is 6.96. The van der Waals surface area contributed by atoms with E-state index >= 15 is 0 Å². The summed E-state index contributed by atoms with van der Waals surface area (Å²) in [5, 5.41) is 5.12. The Kier molecular flexibility index (Phi) is 3.00. The highest BCUT2D eigenvalue weighted by Gasteiger charge is 2.13. The molecule has 114 valence electrons. The SMILES string of the molecule is Brc1ccc2c3cc4ccccc4cc3n(-c3ccccc3)c2c1. The Morgan fingerprint density at radius 2 is 1.25 bits per heavy atom. The van der Waals surface area contributed by atoms with Crippen molar-refractivity contribution in [1.82, 2.24) is 4.57 Å². The zero-order chi connectivity index (χ0) is 16.1. The number of aromatic nitrogens is 1. The summed E-state index contributed by atoms with van der Waals surface area (Å²) >= 11 is 3.63. The Morgan fingerprint density at radius 3 is 2.04 bits per heavy atom. The molecule has 0 aliphatic rings. The Morgan fingerprint density at radius 1 is 0.583 bits per heavy atom. The van der Waals surface area contributed by atoms with Gasteiger partial charge in [-0.1, -0.05) is 64.5 Å². The summed E-state index contributed by atoms with van der Waals surface area (Å²) in [5.41, 5.74) is 3.65. The van der Waals surface area contributed by atoms with Crippen molar-refractivity contribution in [3.05, 3.63) is 89.4 Å². The molecule has 0 atom stereocenters. The molecule has 0 spiro atoms. The molecule has 5 aromatic rings. The monoisotopic (exact) mass is 371 g/mol. The van der Waals surface area contributed by atoms with E-state index in [1.165, 1.54) is 38.3 Å². The standard InChI is InChI=1S/C22H14BrN/c23-17-10-11-19-20-12-15-6-4-5-7-16(15)13-21(20)24(22(19)14-17)18-8-2-1-3-9-18/h1-14H. The molecule has 0 saturated heterocycles. The normalized spacial score (nSPS) is 11.5. The van der Waals surface area contributed by atoms with Gasteiger partial charge in [-0.05, 0) is 47.2 Å². The summed E-state index contributed by atoms with van der Waals surface area (Å²) in [5.74, 6) is 0. The predicted octanol–water partition coefficient (Wildman–Crippen LogP) is 6.70. The zero-order valence-electron chi connectivity index (χ0n) is 12.9. The average Bonchev–Trinajstić information content (AvgIpc) is 2.93. The van der Waals surface area contributed by atoms with Crippen LogP contribution in [0.25, 0.3) is 38.3 Å². The van der Waals surface area contributed by atoms with Crippen LogP contribution in [-0.2, 0) is 0 Å². The molecule has 1 aromatic heterocycles. The minimum absolute atomic E-state index is 1.10. The summed E-state index contributed by atoms with van der Waals surface area (Å²) in [7, 11) is 0. The lowest BCUT2D eigenvalue weighted by atomic mass is 10.1. The first-order chi connectivity index (χ1) is 11.8. The van der Waals surface area contributed by atoms with Gasteiger partial charge in [0.15, 0.2) is 0 Å². The average molecular weight is 372 g/mol. The molecule has 0 aliphatic carbocycles. The van der Waals surface area contributed by atoms with Crippen LogP contribution in [0.5, 0.6) is 0 Å². The number of rotatable bonds is 1. The number of para-hydroxylation sites is 1. The molecule has 0 radical (unpaired) electrons. The van der Waals surface area contributed by atoms with E-state index in [0.717, 1.165) is 4.47 Å². The van der Waals surface area contributed by atoms with Crippen LogP contribution in [0, 0.1) is 0 Å². The van der Waals surface area contributed by atoms with Crippen LogP contribution in [0.15, 0.2) is 89.4 Å². The molecule has 1 nitrogen and oxygen atoms in total. The highest BCUT2D eigenvalue weighted by Crippen LogP contribution is 2.35. The van der Waals surface area contributed by atoms with Gasteiger partial charge in [0.05, 0.1) is 11.0 Å². The number of halogens is 1. The molecule has 0 bridgehead atoms. The highest BCUT2D eigenvalue weighted by molar-refractivity contribution is 9.10. The number of fused-ring (bicyclic) bond motifs is 4. The van der Waals surface area contributed by atoms with Gasteiger partial charge in [-0.25, -0.2) is 0 Å². The van der Waals surface area contributed by atoms with E-state index in [9.17, 15) is 0 Å². The smallest absolute Gasteiger partial charge is 0.0552 e. The van der Waals surface area contributed by atoms with Gasteiger partial charge in [-0.2, -0.15) is 0 Å². The van der Waals surface area contributed by atoms with Gasteiger partial charge in [0.1, 0.15) is 0 Å². The summed E-state index contributed by atoms with van der Waals surface area (Å²) in [4.78, 5) is 0. The summed E-state index contributed by atoms with van der Waals surface area (Å²) in [6, 6.07) is 30.2. The maximum absolute atomic E-state index is 3.63. The fourth-order valence-corrected chi connectivity index (χ4v) is 3.88. The van der Waals surface area contributed by atoms with Gasteiger partial charge < -0.3 is 4.57 Å². The summed E-state index contributed by atoms with van der Waals surface area (Å²) in [6.45, 7) is 0. The lowest BCUT2D eigenvalue weighted by molar-refractivity contribution is 1.18. The molecule has 0 saturated carbocycles. The lowest BCUT2D eigenvalue weighted by Crippen LogP contribution is -1.93. The molecule has 2 heteroatoms. The zero-order valence-corrected chi connectivity index (χ0v) is 14.5. The van der Waals surface area contributed by atoms with E-state index in [2.05, 4.69) is 105 Å². The first-order valence-electron chi connectivity index (χ1n) is 7.99. The van der Waals surface area contributed by atoms with Crippen molar-refractivity contribution in [2.24, 2.45) is 0 Å². The third-order valence-corrected chi connectivity index (χ3v) is 5.10. The molecule has 5 rings (SSSR count). The highest BCUT2D eigenvalue weighted by atomic mass is 79.9. The van der Waals surface area contributed by atoms with Crippen molar-refractivity contribution in [1.29, 1.82) is 0 Å². The third kappa shape index (κ3) is 2.00. The molecular weight excluding hydrogens is 358 g/mol. The molecule has 24 heavy (non-hydrogen) atoms. The number of nitrogens with zero attached hydrogens (tertiary/aromatic N) is 1. The van der Waals surface area contributed by atoms with Crippen LogP contribution >= 0.6 is 15.9 Å². The molecule has 0 amide bonds. The van der Waals surface area contributed by atoms with E-state index in [1.807, 2.05) is 0 Å². The Hall–Kier alpha value is -2.58. The van der Waals surface area contributed by atoms with Gasteiger partial charge >= 0.3 is 0 Å². The van der Waals surface area contributed by atoms with E-state index in [0.29, 0.717) is 0 Å². The molecular formula is C22H14BrN. The van der Waals surface area contributed by atoms with Crippen molar-refractivity contribution in [2.75, 3.05) is 0 Å². The van der Waals surface area contributed by atoms with E-state index in [-0.39, 0.29) is 0 Å². The minimum atomic E-state index is 1.10. The Labute approximate surface area is 148 Å². The van der Waals surface area contributed by atoms with Crippen molar-refractivity contribution in [3.63, 3.8) is 0 Å². The second-order valence-electron chi connectivity index (χ2n) is 6.05. The summed E-state index contributed by atoms with van der Waals surface area (Å²) in [6.07, 6.45) is 0. The van der Waals surface area contributed by atoms with Crippen LogP contribution in [0.4, 0.5) is 0 Å². The number of benzene rings is 4. The predicted molar refractivity (Wildman–Crippen MR) is 106 cm³/mol. The maximum Gasteiger partial charge on any atom is 0.0552 e. The quantitative estimate of drug-likeness (QED) is 0.309.